The normalized spacial score (nSPS) is 12.7. The first-order valence-corrected chi connectivity index (χ1v) is 9.39. The van der Waals surface area contributed by atoms with Crippen LogP contribution in [0.25, 0.3) is 11.0 Å². The van der Waals surface area contributed by atoms with E-state index >= 15 is 0 Å². The van der Waals surface area contributed by atoms with E-state index in [1.807, 2.05) is 6.07 Å². The minimum absolute atomic E-state index is 0.169. The van der Waals surface area contributed by atoms with Crippen molar-refractivity contribution in [3.05, 3.63) is 29.0 Å². The summed E-state index contributed by atoms with van der Waals surface area (Å²) in [7, 11) is -9.99. The number of rotatable bonds is 5. The van der Waals surface area contributed by atoms with E-state index in [1.165, 1.54) is 23.0 Å². The molecule has 0 fully saturated rings. The summed E-state index contributed by atoms with van der Waals surface area (Å²) < 4.78 is 61.2. The average molecular weight is 380 g/mol. The molecule has 2 N–H and O–H groups in total. The lowest BCUT2D eigenvalue weighted by molar-refractivity contribution is 0.446. The SMILES string of the molecule is N#Cc1cc2c(cc1Cl)ncn2CCC(S(=O)(=O)O)S(=O)(=O)O. The Labute approximate surface area is 136 Å². The Kier molecular flexibility index (Phi) is 4.65. The monoisotopic (exact) mass is 379 g/mol. The van der Waals surface area contributed by atoms with Crippen molar-refractivity contribution in [3.8, 4) is 6.07 Å². The van der Waals surface area contributed by atoms with Crippen LogP contribution in [0.1, 0.15) is 12.0 Å². The standard InChI is InChI=1S/C11H10ClN3O6S2/c12-8-4-9-10(3-7(8)5-13)15(6-14-9)2-1-11(22(16,17)18)23(19,20)21/h3-4,6,11H,1-2H2,(H,16,17,18)(H,19,20,21). The summed E-state index contributed by atoms with van der Waals surface area (Å²) in [5, 5.41) is 9.14. The highest BCUT2D eigenvalue weighted by atomic mass is 35.5. The van der Waals surface area contributed by atoms with Gasteiger partial charge in [0.15, 0.2) is 0 Å². The average Bonchev–Trinajstić information content (AvgIpc) is 2.77. The van der Waals surface area contributed by atoms with Crippen molar-refractivity contribution in [2.45, 2.75) is 17.5 Å². The molecule has 1 aromatic carbocycles. The molecule has 0 aliphatic rings. The van der Waals surface area contributed by atoms with Gasteiger partial charge in [-0.15, -0.1) is 0 Å². The molecule has 0 spiro atoms. The second-order valence-electron chi connectivity index (χ2n) is 4.62. The largest absolute Gasteiger partial charge is 0.330 e. The molecule has 2 rings (SSSR count). The van der Waals surface area contributed by atoms with Gasteiger partial charge < -0.3 is 4.57 Å². The lowest BCUT2D eigenvalue weighted by Crippen LogP contribution is -2.30. The van der Waals surface area contributed by atoms with Gasteiger partial charge in [-0.3, -0.25) is 9.11 Å². The summed E-state index contributed by atoms with van der Waals surface area (Å²) in [6, 6.07) is 4.73. The van der Waals surface area contributed by atoms with Gasteiger partial charge in [0.05, 0.1) is 27.9 Å². The Hall–Kier alpha value is -1.71. The fourth-order valence-electron chi connectivity index (χ4n) is 2.04. The number of halogens is 1. The summed E-state index contributed by atoms with van der Waals surface area (Å²) in [5.74, 6) is 0. The zero-order valence-electron chi connectivity index (χ0n) is 11.3. The molecule has 0 atom stereocenters. The van der Waals surface area contributed by atoms with Crippen LogP contribution in [0.5, 0.6) is 0 Å². The van der Waals surface area contributed by atoms with Gasteiger partial charge in [0.25, 0.3) is 20.2 Å². The summed E-state index contributed by atoms with van der Waals surface area (Å²) >= 11 is 5.86. The molecule has 0 aliphatic heterocycles. The van der Waals surface area contributed by atoms with Gasteiger partial charge in [-0.1, -0.05) is 11.6 Å². The summed E-state index contributed by atoms with van der Waals surface area (Å²) in [6.45, 7) is -0.187. The fraction of sp³-hybridized carbons (Fsp3) is 0.273. The van der Waals surface area contributed by atoms with Gasteiger partial charge in [-0.2, -0.15) is 22.1 Å². The van der Waals surface area contributed by atoms with Crippen LogP contribution in [-0.4, -0.2) is 40.1 Å². The number of hydrogen-bond donors (Lipinski definition) is 2. The molecule has 0 saturated heterocycles. The number of benzene rings is 1. The van der Waals surface area contributed by atoms with Crippen molar-refractivity contribution in [3.63, 3.8) is 0 Å². The number of nitrogens with zero attached hydrogens (tertiary/aromatic N) is 3. The highest BCUT2D eigenvalue weighted by Crippen LogP contribution is 2.23. The van der Waals surface area contributed by atoms with Crippen molar-refractivity contribution in [2.75, 3.05) is 0 Å². The summed E-state index contributed by atoms with van der Waals surface area (Å²) in [4.78, 5) is 4.00. The third kappa shape index (κ3) is 3.80. The van der Waals surface area contributed by atoms with E-state index < -0.39 is 31.2 Å². The van der Waals surface area contributed by atoms with Gasteiger partial charge >= 0.3 is 0 Å². The van der Waals surface area contributed by atoms with Crippen molar-refractivity contribution >= 4 is 42.9 Å². The van der Waals surface area contributed by atoms with Crippen LogP contribution in [0.3, 0.4) is 0 Å². The maximum atomic E-state index is 11.1. The third-order valence-corrected chi connectivity index (χ3v) is 6.67. The maximum Gasteiger partial charge on any atom is 0.284 e. The number of aryl methyl sites for hydroxylation is 1. The molecule has 2 aromatic rings. The molecule has 0 saturated carbocycles. The fourth-order valence-corrected chi connectivity index (χ4v) is 4.27. The van der Waals surface area contributed by atoms with Crippen molar-refractivity contribution in [1.29, 1.82) is 5.26 Å². The van der Waals surface area contributed by atoms with Crippen LogP contribution in [-0.2, 0) is 26.8 Å². The van der Waals surface area contributed by atoms with Crippen LogP contribution in [0.15, 0.2) is 18.5 Å². The predicted molar refractivity (Wildman–Crippen MR) is 81.0 cm³/mol. The predicted octanol–water partition coefficient (Wildman–Crippen LogP) is 1.05. The second kappa shape index (κ2) is 6.06. The van der Waals surface area contributed by atoms with Crippen LogP contribution >= 0.6 is 11.6 Å². The van der Waals surface area contributed by atoms with E-state index in [9.17, 15) is 16.8 Å². The highest BCUT2D eigenvalue weighted by molar-refractivity contribution is 8.03. The number of hydrogen-bond acceptors (Lipinski definition) is 6. The van der Waals surface area contributed by atoms with Crippen LogP contribution in [0, 0.1) is 11.3 Å². The molecule has 0 bridgehead atoms. The Morgan fingerprint density at radius 1 is 1.26 bits per heavy atom. The van der Waals surface area contributed by atoms with Crippen LogP contribution in [0.4, 0.5) is 0 Å². The maximum absolute atomic E-state index is 11.1. The van der Waals surface area contributed by atoms with E-state index in [-0.39, 0.29) is 17.1 Å². The van der Waals surface area contributed by atoms with Crippen molar-refractivity contribution in [1.82, 2.24) is 9.55 Å². The Morgan fingerprint density at radius 3 is 2.39 bits per heavy atom. The van der Waals surface area contributed by atoms with Crippen molar-refractivity contribution in [2.24, 2.45) is 0 Å². The molecule has 0 aliphatic carbocycles. The van der Waals surface area contributed by atoms with Gasteiger partial charge in [0, 0.05) is 13.0 Å². The van der Waals surface area contributed by atoms with E-state index in [0.29, 0.717) is 11.0 Å². The molecule has 12 heteroatoms. The Balaban J connectivity index is 2.38. The second-order valence-corrected chi connectivity index (χ2v) is 8.52. The van der Waals surface area contributed by atoms with E-state index in [4.69, 9.17) is 26.0 Å². The van der Waals surface area contributed by atoms with Gasteiger partial charge in [0.2, 0.25) is 4.58 Å². The third-order valence-electron chi connectivity index (χ3n) is 3.10. The number of aromatic nitrogens is 2. The molecular weight excluding hydrogens is 370 g/mol. The quantitative estimate of drug-likeness (QED) is 0.731. The smallest absolute Gasteiger partial charge is 0.284 e. The number of imidazole rings is 1. The molecule has 0 unspecified atom stereocenters. The van der Waals surface area contributed by atoms with Gasteiger partial charge in [-0.05, 0) is 12.1 Å². The van der Waals surface area contributed by atoms with E-state index in [0.717, 1.165) is 0 Å². The van der Waals surface area contributed by atoms with Gasteiger partial charge in [0.1, 0.15) is 6.07 Å². The minimum atomic E-state index is -4.99. The molecule has 9 nitrogen and oxygen atoms in total. The first-order chi connectivity index (χ1) is 10.5. The summed E-state index contributed by atoms with van der Waals surface area (Å²) in [6.07, 6.45) is 0.695. The van der Waals surface area contributed by atoms with Crippen molar-refractivity contribution < 1.29 is 25.9 Å². The molecule has 0 radical (unpaired) electrons. The number of nitriles is 1. The molecular formula is C11H10ClN3O6S2. The van der Waals surface area contributed by atoms with E-state index in [1.54, 1.807) is 0 Å². The first-order valence-electron chi connectivity index (χ1n) is 6.01. The Bertz CT molecular complexity index is 974. The molecule has 124 valence electrons. The van der Waals surface area contributed by atoms with Gasteiger partial charge in [-0.25, -0.2) is 4.98 Å². The molecule has 0 amide bonds. The zero-order chi connectivity index (χ0) is 17.4. The zero-order valence-corrected chi connectivity index (χ0v) is 13.7. The lowest BCUT2D eigenvalue weighted by atomic mass is 10.2. The molecule has 23 heavy (non-hydrogen) atoms. The first kappa shape index (κ1) is 17.6. The van der Waals surface area contributed by atoms with Crippen LogP contribution in [0.2, 0.25) is 5.02 Å². The molecule has 1 aromatic heterocycles. The minimum Gasteiger partial charge on any atom is -0.330 e. The lowest BCUT2D eigenvalue weighted by Gasteiger charge is -2.11. The number of fused-ring (bicyclic) bond motifs is 1. The summed E-state index contributed by atoms with van der Waals surface area (Å²) in [5.41, 5.74) is 1.02. The van der Waals surface area contributed by atoms with Crippen LogP contribution < -0.4 is 0 Å². The van der Waals surface area contributed by atoms with E-state index in [2.05, 4.69) is 4.98 Å². The topological polar surface area (TPSA) is 150 Å². The Morgan fingerprint density at radius 2 is 1.87 bits per heavy atom. The molecule has 1 heterocycles. The highest BCUT2D eigenvalue weighted by Gasteiger charge is 2.35.